The number of aryl methyl sites for hydroxylation is 1. The van der Waals surface area contributed by atoms with Gasteiger partial charge < -0.3 is 20.3 Å². The van der Waals surface area contributed by atoms with Gasteiger partial charge >= 0.3 is 12.3 Å². The van der Waals surface area contributed by atoms with Gasteiger partial charge in [-0.1, -0.05) is 11.6 Å². The fourth-order valence-electron chi connectivity index (χ4n) is 3.71. The van der Waals surface area contributed by atoms with E-state index in [-0.39, 0.29) is 40.1 Å². The Bertz CT molecular complexity index is 1300. The molecule has 16 heteroatoms. The van der Waals surface area contributed by atoms with Crippen molar-refractivity contribution in [3.63, 3.8) is 0 Å². The van der Waals surface area contributed by atoms with E-state index in [1.807, 2.05) is 0 Å². The average Bonchev–Trinajstić information content (AvgIpc) is 3.19. The first-order valence-corrected chi connectivity index (χ1v) is 13.3. The number of nitrogens with zero attached hydrogens (tertiary/aromatic N) is 3. The summed E-state index contributed by atoms with van der Waals surface area (Å²) >= 11 is 6.13. The van der Waals surface area contributed by atoms with Crippen LogP contribution in [0.3, 0.4) is 0 Å². The van der Waals surface area contributed by atoms with Crippen LogP contribution >= 0.6 is 11.6 Å². The molecule has 0 radical (unpaired) electrons. The number of anilines is 3. The molecule has 1 aliphatic rings. The second-order valence-corrected chi connectivity index (χ2v) is 11.8. The molecule has 3 rings (SSSR count). The Morgan fingerprint density at radius 2 is 1.97 bits per heavy atom. The van der Waals surface area contributed by atoms with Crippen molar-refractivity contribution in [1.82, 2.24) is 9.78 Å². The number of benzene rings is 1. The van der Waals surface area contributed by atoms with Gasteiger partial charge in [-0.05, 0) is 52.3 Å². The number of alkyl halides is 3. The summed E-state index contributed by atoms with van der Waals surface area (Å²) < 4.78 is 73.6. The lowest BCUT2D eigenvalue weighted by Gasteiger charge is -2.38. The molecule has 0 bridgehead atoms. The second-order valence-electron chi connectivity index (χ2n) is 9.63. The number of carbonyl (C=O) groups excluding carboxylic acids is 1. The van der Waals surface area contributed by atoms with E-state index < -0.39 is 46.1 Å². The Labute approximate surface area is 222 Å². The molecule has 2 aromatic rings. The predicted octanol–water partition coefficient (Wildman–Crippen LogP) is 3.57. The van der Waals surface area contributed by atoms with E-state index in [0.29, 0.717) is 20.4 Å². The zero-order valence-corrected chi connectivity index (χ0v) is 22.6. The van der Waals surface area contributed by atoms with Crippen LogP contribution in [0.5, 0.6) is 0 Å². The largest absolute Gasteiger partial charge is 0.434 e. The molecule has 1 aromatic carbocycles. The molecule has 38 heavy (non-hydrogen) atoms. The highest BCUT2D eigenvalue weighted by molar-refractivity contribution is 7.93. The Kier molecular flexibility index (Phi) is 8.18. The first kappa shape index (κ1) is 29.8. The number of hydrogen-bond acceptors (Lipinski definition) is 8. The van der Waals surface area contributed by atoms with Crippen LogP contribution in [-0.2, 0) is 21.3 Å². The smallest absolute Gasteiger partial charge is 0.427 e. The van der Waals surface area contributed by atoms with Gasteiger partial charge in [0.2, 0.25) is 5.60 Å². The molecule has 2 atom stereocenters. The van der Waals surface area contributed by atoms with E-state index in [2.05, 4.69) is 20.5 Å². The van der Waals surface area contributed by atoms with Crippen LogP contribution in [0.2, 0.25) is 5.15 Å². The summed E-state index contributed by atoms with van der Waals surface area (Å²) in [5.74, 6) is 0. The summed E-state index contributed by atoms with van der Waals surface area (Å²) in [7, 11) is -4.34. The van der Waals surface area contributed by atoms with E-state index in [4.69, 9.17) is 11.6 Å². The topological polar surface area (TPSA) is 146 Å². The lowest BCUT2D eigenvalue weighted by Crippen LogP contribution is -2.48. The van der Waals surface area contributed by atoms with Crippen LogP contribution in [0.4, 0.5) is 35.0 Å². The number of carbonyl (C=O) groups is 1. The van der Waals surface area contributed by atoms with Gasteiger partial charge in [0.05, 0.1) is 30.1 Å². The van der Waals surface area contributed by atoms with E-state index in [9.17, 15) is 36.6 Å². The molecule has 1 amide bonds. The fourth-order valence-corrected chi connectivity index (χ4v) is 5.68. The minimum atomic E-state index is -4.82. The first-order valence-electron chi connectivity index (χ1n) is 11.5. The molecule has 2 unspecified atom stereocenters. The Hall–Kier alpha value is -2.75. The number of aliphatic hydroxyl groups excluding tert-OH is 1. The minimum absolute atomic E-state index is 0.0320. The summed E-state index contributed by atoms with van der Waals surface area (Å²) in [5.41, 5.74) is -3.99. The maximum absolute atomic E-state index is 13.7. The van der Waals surface area contributed by atoms with E-state index in [0.717, 1.165) is 4.31 Å². The van der Waals surface area contributed by atoms with Gasteiger partial charge in [0.25, 0.3) is 10.0 Å². The molecule has 0 saturated carbocycles. The number of sulfonamides is 1. The number of fused-ring (bicyclic) bond motifs is 1. The van der Waals surface area contributed by atoms with Crippen molar-refractivity contribution >= 4 is 44.8 Å². The third-order valence-corrected chi connectivity index (χ3v) is 8.07. The van der Waals surface area contributed by atoms with Gasteiger partial charge in [0.1, 0.15) is 4.90 Å². The van der Waals surface area contributed by atoms with E-state index in [1.165, 1.54) is 36.0 Å². The Morgan fingerprint density at radius 1 is 1.32 bits per heavy atom. The summed E-state index contributed by atoms with van der Waals surface area (Å²) in [5, 5.41) is 28.8. The van der Waals surface area contributed by atoms with Crippen LogP contribution in [0.25, 0.3) is 0 Å². The molecular formula is C22H29ClF3N5O6S. The van der Waals surface area contributed by atoms with Gasteiger partial charge in [-0.15, -0.1) is 0 Å². The van der Waals surface area contributed by atoms with Crippen molar-refractivity contribution < 1.29 is 41.3 Å². The highest BCUT2D eigenvalue weighted by atomic mass is 35.5. The third kappa shape index (κ3) is 6.27. The van der Waals surface area contributed by atoms with Gasteiger partial charge in [-0.2, -0.15) is 18.3 Å². The highest BCUT2D eigenvalue weighted by Gasteiger charge is 2.51. The molecular weight excluding hydrogens is 555 g/mol. The fraction of sp³-hybridized carbons (Fsp3) is 0.545. The number of aliphatic hydroxyl groups is 2. The Morgan fingerprint density at radius 3 is 2.53 bits per heavy atom. The molecule has 11 nitrogen and oxygen atoms in total. The number of aromatic nitrogens is 2. The van der Waals surface area contributed by atoms with Crippen LogP contribution < -0.4 is 14.9 Å². The summed E-state index contributed by atoms with van der Waals surface area (Å²) in [6.07, 6.45) is -4.98. The zero-order valence-electron chi connectivity index (χ0n) is 21.0. The van der Waals surface area contributed by atoms with Crippen molar-refractivity contribution in [2.75, 3.05) is 28.1 Å². The summed E-state index contributed by atoms with van der Waals surface area (Å²) in [6.45, 7) is 4.09. The highest BCUT2D eigenvalue weighted by Crippen LogP contribution is 2.40. The lowest BCUT2D eigenvalue weighted by molar-refractivity contribution is -0.242. The lowest BCUT2D eigenvalue weighted by atomic mass is 9.96. The predicted molar refractivity (Wildman–Crippen MR) is 134 cm³/mol. The molecule has 212 valence electrons. The normalized spacial score (nSPS) is 17.8. The molecule has 4 N–H and O–H groups in total. The number of amides is 1. The van der Waals surface area contributed by atoms with Gasteiger partial charge in [-0.3, -0.25) is 14.3 Å². The third-order valence-electron chi connectivity index (χ3n) is 5.89. The maximum Gasteiger partial charge on any atom is 0.427 e. The van der Waals surface area contributed by atoms with E-state index in [1.54, 1.807) is 6.92 Å². The number of hydrogen-bond donors (Lipinski definition) is 4. The molecule has 0 saturated heterocycles. The first-order chi connectivity index (χ1) is 17.4. The van der Waals surface area contributed by atoms with Crippen LogP contribution in [-0.4, -0.2) is 71.1 Å². The number of rotatable bonds is 8. The van der Waals surface area contributed by atoms with Crippen LogP contribution in [0.1, 0.15) is 34.1 Å². The SMILES string of the molecule is CCn1cc(S(=O)(=O)N2CC(CC(C)(O)CO)Nc3ccc(NC(=O)OC(C)(C)C(F)(F)F)cc32)c(Cl)n1. The average molecular weight is 584 g/mol. The van der Waals surface area contributed by atoms with Crippen molar-refractivity contribution in [2.24, 2.45) is 0 Å². The van der Waals surface area contributed by atoms with E-state index >= 15 is 0 Å². The van der Waals surface area contributed by atoms with Crippen LogP contribution in [0, 0.1) is 0 Å². The molecule has 1 aromatic heterocycles. The van der Waals surface area contributed by atoms with Crippen LogP contribution in [0.15, 0.2) is 29.3 Å². The monoisotopic (exact) mass is 583 g/mol. The summed E-state index contributed by atoms with van der Waals surface area (Å²) in [4.78, 5) is 11.9. The summed E-state index contributed by atoms with van der Waals surface area (Å²) in [6, 6.07) is 3.35. The number of nitrogens with one attached hydrogen (secondary N) is 2. The van der Waals surface area contributed by atoms with Crippen molar-refractivity contribution in [3.05, 3.63) is 29.5 Å². The van der Waals surface area contributed by atoms with Crippen molar-refractivity contribution in [1.29, 1.82) is 0 Å². The standard InChI is InChI=1S/C22H29ClF3N5O6S/c1-5-30-11-17(18(23)29-30)38(35,36)31-10-14(9-21(4,34)12-32)27-15-7-6-13(8-16(15)31)28-19(33)37-20(2,3)22(24,25)26/h6-8,11,14,27,32,34H,5,9-10,12H2,1-4H3,(H,28,33). The van der Waals surface area contributed by atoms with Crippen molar-refractivity contribution in [3.8, 4) is 0 Å². The number of halogens is 4. The quantitative estimate of drug-likeness (QED) is 0.369. The molecule has 0 spiro atoms. The minimum Gasteiger partial charge on any atom is -0.434 e. The molecule has 2 heterocycles. The second kappa shape index (κ2) is 10.4. The Balaban J connectivity index is 2.00. The maximum atomic E-state index is 13.7. The number of ether oxygens (including phenoxy) is 1. The van der Waals surface area contributed by atoms with Gasteiger partial charge in [0.15, 0.2) is 5.15 Å². The molecule has 0 fully saturated rings. The molecule has 1 aliphatic heterocycles. The van der Waals surface area contributed by atoms with Gasteiger partial charge in [-0.25, -0.2) is 13.2 Å². The van der Waals surface area contributed by atoms with Gasteiger partial charge in [0, 0.05) is 24.5 Å². The zero-order chi connectivity index (χ0) is 28.7. The molecule has 0 aliphatic carbocycles. The van der Waals surface area contributed by atoms with Crippen molar-refractivity contribution in [2.45, 2.75) is 69.0 Å².